The highest BCUT2D eigenvalue weighted by atomic mass is 32.1. The van der Waals surface area contributed by atoms with Gasteiger partial charge in [0.05, 0.1) is 27.3 Å². The summed E-state index contributed by atoms with van der Waals surface area (Å²) in [6, 6.07) is 2.10. The molecule has 0 fully saturated rings. The van der Waals surface area contributed by atoms with Crippen molar-refractivity contribution >= 4 is 27.7 Å². The molecule has 0 aliphatic carbocycles. The Bertz CT molecular complexity index is 450. The van der Waals surface area contributed by atoms with Crippen LogP contribution in [0.5, 0.6) is 0 Å². The molecule has 0 aliphatic rings. The third-order valence-corrected chi connectivity index (χ3v) is 3.03. The molecule has 2 aromatic heterocycles. The maximum Gasteiger partial charge on any atom is 0.101 e. The second-order valence-corrected chi connectivity index (χ2v) is 4.00. The van der Waals surface area contributed by atoms with Gasteiger partial charge in [-0.15, -0.1) is 22.7 Å². The summed E-state index contributed by atoms with van der Waals surface area (Å²) < 4.78 is 0. The zero-order valence-corrected chi connectivity index (χ0v) is 8.15. The fourth-order valence-electron chi connectivity index (χ4n) is 1.06. The summed E-state index contributed by atoms with van der Waals surface area (Å²) in [5, 5.41) is 13.1. The van der Waals surface area contributed by atoms with E-state index >= 15 is 0 Å². The summed E-state index contributed by atoms with van der Waals surface area (Å²) in [5.74, 6) is 0. The lowest BCUT2D eigenvalue weighted by Crippen LogP contribution is -1.85. The molecule has 2 rings (SSSR count). The van der Waals surface area contributed by atoms with Gasteiger partial charge in [0.15, 0.2) is 0 Å². The molecular formula is C8H5N3S2. The molecule has 0 saturated carbocycles. The number of thiazole rings is 1. The molecule has 0 amide bonds. The molecule has 5 heteroatoms. The average molecular weight is 207 g/mol. The molecule has 2 heterocycles. The Balaban J connectivity index is 2.64. The summed E-state index contributed by atoms with van der Waals surface area (Å²) in [5.41, 5.74) is 9.64. The maximum absolute atomic E-state index is 8.81. The van der Waals surface area contributed by atoms with Crippen molar-refractivity contribution in [3.63, 3.8) is 0 Å². The van der Waals surface area contributed by atoms with Crippen LogP contribution in [-0.4, -0.2) is 4.98 Å². The van der Waals surface area contributed by atoms with Crippen LogP contribution in [0.4, 0.5) is 5.00 Å². The molecule has 0 unspecified atom stereocenters. The Labute approximate surface area is 83.1 Å². The van der Waals surface area contributed by atoms with Crippen molar-refractivity contribution in [3.8, 4) is 17.3 Å². The molecule has 0 atom stereocenters. The van der Waals surface area contributed by atoms with Crippen LogP contribution >= 0.6 is 22.7 Å². The molecule has 2 aromatic rings. The molecule has 0 spiro atoms. The van der Waals surface area contributed by atoms with Crippen LogP contribution in [0.15, 0.2) is 16.3 Å². The number of aromatic nitrogens is 1. The van der Waals surface area contributed by atoms with E-state index in [-0.39, 0.29) is 0 Å². The van der Waals surface area contributed by atoms with Crippen molar-refractivity contribution in [1.29, 1.82) is 5.26 Å². The second kappa shape index (κ2) is 3.17. The van der Waals surface area contributed by atoms with E-state index in [0.717, 1.165) is 11.3 Å². The minimum Gasteiger partial charge on any atom is -0.390 e. The topological polar surface area (TPSA) is 62.7 Å². The smallest absolute Gasteiger partial charge is 0.101 e. The molecule has 64 valence electrons. The number of hydrogen-bond acceptors (Lipinski definition) is 5. The fraction of sp³-hybridized carbons (Fsp3) is 0. The zero-order valence-electron chi connectivity index (χ0n) is 6.52. The van der Waals surface area contributed by atoms with E-state index in [1.165, 1.54) is 22.7 Å². The van der Waals surface area contributed by atoms with Crippen molar-refractivity contribution < 1.29 is 0 Å². The monoisotopic (exact) mass is 207 g/mol. The highest BCUT2D eigenvalue weighted by Gasteiger charge is 2.12. The summed E-state index contributed by atoms with van der Waals surface area (Å²) in [7, 11) is 0. The largest absolute Gasteiger partial charge is 0.390 e. The first-order valence-corrected chi connectivity index (χ1v) is 5.31. The Hall–Kier alpha value is -1.38. The highest BCUT2D eigenvalue weighted by molar-refractivity contribution is 7.15. The molecular weight excluding hydrogens is 202 g/mol. The van der Waals surface area contributed by atoms with Crippen LogP contribution in [0.2, 0.25) is 0 Å². The molecule has 0 aromatic carbocycles. The molecule has 13 heavy (non-hydrogen) atoms. The normalized spacial score (nSPS) is 9.77. The number of nitrogen functional groups attached to an aromatic ring is 1. The fourth-order valence-corrected chi connectivity index (χ4v) is 2.35. The number of rotatable bonds is 1. The van der Waals surface area contributed by atoms with E-state index in [0.29, 0.717) is 10.6 Å². The van der Waals surface area contributed by atoms with Gasteiger partial charge in [0.25, 0.3) is 0 Å². The van der Waals surface area contributed by atoms with Gasteiger partial charge in [-0.3, -0.25) is 0 Å². The van der Waals surface area contributed by atoms with Gasteiger partial charge in [0, 0.05) is 10.8 Å². The Morgan fingerprint density at radius 1 is 1.46 bits per heavy atom. The number of hydrogen-bond donors (Lipinski definition) is 1. The molecule has 0 bridgehead atoms. The van der Waals surface area contributed by atoms with Gasteiger partial charge < -0.3 is 5.73 Å². The number of nitrogens with two attached hydrogens (primary N) is 1. The van der Waals surface area contributed by atoms with E-state index in [9.17, 15) is 0 Å². The predicted octanol–water partition coefficient (Wildman–Crippen LogP) is 2.33. The minimum atomic E-state index is 0.605. The van der Waals surface area contributed by atoms with Gasteiger partial charge in [-0.25, -0.2) is 4.98 Å². The lowest BCUT2D eigenvalue weighted by atomic mass is 10.1. The highest BCUT2D eigenvalue weighted by Crippen LogP contribution is 2.34. The van der Waals surface area contributed by atoms with E-state index in [4.69, 9.17) is 11.0 Å². The van der Waals surface area contributed by atoms with Crippen molar-refractivity contribution in [2.45, 2.75) is 0 Å². The summed E-state index contributed by atoms with van der Waals surface area (Å²) in [4.78, 5) is 4.12. The van der Waals surface area contributed by atoms with Crippen LogP contribution in [0.1, 0.15) is 5.56 Å². The van der Waals surface area contributed by atoms with Gasteiger partial charge in [0.1, 0.15) is 6.07 Å². The first kappa shape index (κ1) is 8.23. The molecule has 2 N–H and O–H groups in total. The van der Waals surface area contributed by atoms with Crippen LogP contribution in [0.3, 0.4) is 0 Å². The van der Waals surface area contributed by atoms with Crippen LogP contribution < -0.4 is 5.73 Å². The predicted molar refractivity (Wildman–Crippen MR) is 54.6 cm³/mol. The Kier molecular flexibility index (Phi) is 2.00. The van der Waals surface area contributed by atoms with E-state index < -0.39 is 0 Å². The van der Waals surface area contributed by atoms with Gasteiger partial charge >= 0.3 is 0 Å². The summed E-state index contributed by atoms with van der Waals surface area (Å²) in [6.07, 6.45) is 0. The number of thiophene rings is 1. The third-order valence-electron chi connectivity index (χ3n) is 1.63. The van der Waals surface area contributed by atoms with Gasteiger partial charge in [-0.05, 0) is 0 Å². The van der Waals surface area contributed by atoms with Gasteiger partial charge in [0.2, 0.25) is 0 Å². The lowest BCUT2D eigenvalue weighted by molar-refractivity contribution is 1.41. The minimum absolute atomic E-state index is 0.605. The van der Waals surface area contributed by atoms with Crippen molar-refractivity contribution in [1.82, 2.24) is 4.98 Å². The maximum atomic E-state index is 8.81. The van der Waals surface area contributed by atoms with Crippen molar-refractivity contribution in [3.05, 3.63) is 21.8 Å². The SMILES string of the molecule is N#Cc1csc(N)c1-c1cscn1. The van der Waals surface area contributed by atoms with E-state index in [2.05, 4.69) is 11.1 Å². The van der Waals surface area contributed by atoms with Crippen LogP contribution in [0, 0.1) is 11.3 Å². The molecule has 0 radical (unpaired) electrons. The first-order chi connectivity index (χ1) is 6.33. The molecule has 0 aliphatic heterocycles. The first-order valence-electron chi connectivity index (χ1n) is 3.48. The van der Waals surface area contributed by atoms with Crippen molar-refractivity contribution in [2.24, 2.45) is 0 Å². The number of nitrogens with zero attached hydrogens (tertiary/aromatic N) is 2. The van der Waals surface area contributed by atoms with E-state index in [1.54, 1.807) is 10.9 Å². The third kappa shape index (κ3) is 1.30. The molecule has 3 nitrogen and oxygen atoms in total. The zero-order chi connectivity index (χ0) is 9.26. The van der Waals surface area contributed by atoms with Gasteiger partial charge in [-0.2, -0.15) is 5.26 Å². The summed E-state index contributed by atoms with van der Waals surface area (Å²) in [6.45, 7) is 0. The number of anilines is 1. The summed E-state index contributed by atoms with van der Waals surface area (Å²) >= 11 is 2.87. The van der Waals surface area contributed by atoms with Gasteiger partial charge in [-0.1, -0.05) is 0 Å². The number of nitriles is 1. The Morgan fingerprint density at radius 2 is 2.31 bits per heavy atom. The van der Waals surface area contributed by atoms with Crippen molar-refractivity contribution in [2.75, 3.05) is 5.73 Å². The molecule has 0 saturated heterocycles. The average Bonchev–Trinajstić information content (AvgIpc) is 2.72. The quantitative estimate of drug-likeness (QED) is 0.780. The second-order valence-electron chi connectivity index (χ2n) is 2.37. The Morgan fingerprint density at radius 3 is 2.92 bits per heavy atom. The lowest BCUT2D eigenvalue weighted by Gasteiger charge is -1.93. The van der Waals surface area contributed by atoms with Crippen LogP contribution in [-0.2, 0) is 0 Å². The van der Waals surface area contributed by atoms with Crippen LogP contribution in [0.25, 0.3) is 11.3 Å². The van der Waals surface area contributed by atoms with E-state index in [1.807, 2.05) is 5.38 Å². The standard InChI is InChI=1S/C8H5N3S2/c9-1-5-2-13-8(10)7(5)6-3-12-4-11-6/h2-4H,10H2.